The lowest BCUT2D eigenvalue weighted by molar-refractivity contribution is 0.362. The molecule has 1 rings (SSSR count). The fourth-order valence-corrected chi connectivity index (χ4v) is 1.07. The first-order valence-corrected chi connectivity index (χ1v) is 4.85. The number of benzene rings is 1. The summed E-state index contributed by atoms with van der Waals surface area (Å²) in [6.07, 6.45) is 1.50. The van der Waals surface area contributed by atoms with Crippen LogP contribution in [0.15, 0.2) is 28.8 Å². The molecule has 0 fully saturated rings. The zero-order valence-corrected chi connectivity index (χ0v) is 9.27. The third-order valence-electron chi connectivity index (χ3n) is 1.41. The second kappa shape index (κ2) is 5.35. The highest BCUT2D eigenvalue weighted by atomic mass is 35.5. The quantitative estimate of drug-likeness (QED) is 0.889. The van der Waals surface area contributed by atoms with Gasteiger partial charge in [-0.05, 0) is 18.2 Å². The number of rotatable bonds is 3. The summed E-state index contributed by atoms with van der Waals surface area (Å²) in [6.45, 7) is 0.253. The average Bonchev–Trinajstić information content (AvgIpc) is 2.10. The highest BCUT2D eigenvalue weighted by Crippen LogP contribution is 2.27. The molecule has 0 atom stereocenters. The third kappa shape index (κ3) is 3.66. The molecule has 0 aromatic heterocycles. The lowest BCUT2D eigenvalue weighted by atomic mass is 10.3. The van der Waals surface area contributed by atoms with Gasteiger partial charge in [-0.15, -0.1) is 0 Å². The van der Waals surface area contributed by atoms with Crippen molar-refractivity contribution >= 4 is 34.8 Å². The van der Waals surface area contributed by atoms with Gasteiger partial charge in [-0.3, -0.25) is 0 Å². The molecule has 2 nitrogen and oxygen atoms in total. The standard InChI is InChI=1S/C9H7Cl3O2/c10-7-5-6(1-2-8(7)13)14-4-3-9(11)12/h1-3,5,13H,4H2. The zero-order valence-electron chi connectivity index (χ0n) is 7.01. The molecule has 0 radical (unpaired) electrons. The van der Waals surface area contributed by atoms with Gasteiger partial charge < -0.3 is 9.84 Å². The Hall–Kier alpha value is -0.570. The van der Waals surface area contributed by atoms with Gasteiger partial charge in [0.15, 0.2) is 0 Å². The molecule has 5 heteroatoms. The van der Waals surface area contributed by atoms with Gasteiger partial charge in [-0.1, -0.05) is 34.8 Å². The molecule has 0 amide bonds. The molecule has 0 saturated heterocycles. The zero-order chi connectivity index (χ0) is 10.6. The minimum atomic E-state index is 0.0185. The van der Waals surface area contributed by atoms with Crippen molar-refractivity contribution in [3.8, 4) is 11.5 Å². The summed E-state index contributed by atoms with van der Waals surface area (Å²) in [5, 5.41) is 9.36. The fourth-order valence-electron chi connectivity index (χ4n) is 0.778. The van der Waals surface area contributed by atoms with E-state index in [2.05, 4.69) is 0 Å². The maximum atomic E-state index is 9.12. The number of hydrogen-bond donors (Lipinski definition) is 1. The summed E-state index contributed by atoms with van der Waals surface area (Å²) >= 11 is 16.4. The topological polar surface area (TPSA) is 29.5 Å². The van der Waals surface area contributed by atoms with Crippen molar-refractivity contribution in [1.82, 2.24) is 0 Å². The van der Waals surface area contributed by atoms with Crippen LogP contribution in [-0.2, 0) is 0 Å². The van der Waals surface area contributed by atoms with E-state index < -0.39 is 0 Å². The Morgan fingerprint density at radius 1 is 1.43 bits per heavy atom. The number of phenolic OH excluding ortho intramolecular Hbond substituents is 1. The molecule has 0 aliphatic carbocycles. The Bertz CT molecular complexity index is 346. The largest absolute Gasteiger partial charge is 0.506 e. The van der Waals surface area contributed by atoms with E-state index in [9.17, 15) is 0 Å². The van der Waals surface area contributed by atoms with Crippen LogP contribution in [-0.4, -0.2) is 11.7 Å². The third-order valence-corrected chi connectivity index (χ3v) is 2.02. The van der Waals surface area contributed by atoms with Crippen molar-refractivity contribution < 1.29 is 9.84 Å². The van der Waals surface area contributed by atoms with Crippen LogP contribution in [0.3, 0.4) is 0 Å². The molecule has 0 spiro atoms. The maximum absolute atomic E-state index is 9.12. The second-order valence-corrected chi connectivity index (χ2v) is 3.83. The second-order valence-electron chi connectivity index (χ2n) is 2.42. The smallest absolute Gasteiger partial charge is 0.134 e. The number of ether oxygens (including phenoxy) is 1. The number of phenols is 1. The van der Waals surface area contributed by atoms with Crippen LogP contribution in [0, 0.1) is 0 Å². The van der Waals surface area contributed by atoms with E-state index in [4.69, 9.17) is 44.6 Å². The number of halogens is 3. The van der Waals surface area contributed by atoms with Crippen molar-refractivity contribution in [2.75, 3.05) is 6.61 Å². The highest BCUT2D eigenvalue weighted by molar-refractivity contribution is 6.55. The van der Waals surface area contributed by atoms with Gasteiger partial charge in [-0.25, -0.2) is 0 Å². The van der Waals surface area contributed by atoms with E-state index >= 15 is 0 Å². The Morgan fingerprint density at radius 2 is 2.14 bits per heavy atom. The van der Waals surface area contributed by atoms with Gasteiger partial charge >= 0.3 is 0 Å². The first kappa shape index (κ1) is 11.5. The van der Waals surface area contributed by atoms with E-state index in [1.807, 2.05) is 0 Å². The first-order valence-electron chi connectivity index (χ1n) is 3.72. The van der Waals surface area contributed by atoms with Crippen LogP contribution in [0.4, 0.5) is 0 Å². The number of aromatic hydroxyl groups is 1. The Labute approximate surface area is 96.7 Å². The van der Waals surface area contributed by atoms with Gasteiger partial charge in [0.25, 0.3) is 0 Å². The van der Waals surface area contributed by atoms with Crippen LogP contribution in [0.5, 0.6) is 11.5 Å². The molecule has 76 valence electrons. The molecule has 0 heterocycles. The van der Waals surface area contributed by atoms with Gasteiger partial charge in [0.2, 0.25) is 0 Å². The lowest BCUT2D eigenvalue weighted by Crippen LogP contribution is -1.93. The van der Waals surface area contributed by atoms with Gasteiger partial charge in [-0.2, -0.15) is 0 Å². The van der Waals surface area contributed by atoms with Crippen molar-refractivity contribution in [3.63, 3.8) is 0 Å². The van der Waals surface area contributed by atoms with Crippen LogP contribution >= 0.6 is 34.8 Å². The van der Waals surface area contributed by atoms with Crippen molar-refractivity contribution in [1.29, 1.82) is 0 Å². The van der Waals surface area contributed by atoms with Crippen molar-refractivity contribution in [2.24, 2.45) is 0 Å². The molecule has 0 saturated carbocycles. The summed E-state index contributed by atoms with van der Waals surface area (Å²) < 4.78 is 5.36. The van der Waals surface area contributed by atoms with Gasteiger partial charge in [0, 0.05) is 6.07 Å². The van der Waals surface area contributed by atoms with Crippen LogP contribution < -0.4 is 4.74 Å². The summed E-state index contributed by atoms with van der Waals surface area (Å²) in [5.74, 6) is 0.559. The van der Waals surface area contributed by atoms with E-state index in [0.29, 0.717) is 5.75 Å². The van der Waals surface area contributed by atoms with E-state index in [1.54, 1.807) is 6.07 Å². The molecule has 0 aliphatic rings. The molecule has 14 heavy (non-hydrogen) atoms. The predicted molar refractivity (Wildman–Crippen MR) is 58.4 cm³/mol. The van der Waals surface area contributed by atoms with Crippen LogP contribution in [0.2, 0.25) is 5.02 Å². The molecule has 0 aliphatic heterocycles. The van der Waals surface area contributed by atoms with E-state index in [1.165, 1.54) is 18.2 Å². The van der Waals surface area contributed by atoms with Crippen molar-refractivity contribution in [2.45, 2.75) is 0 Å². The van der Waals surface area contributed by atoms with Gasteiger partial charge in [0.05, 0.1) is 5.02 Å². The minimum Gasteiger partial charge on any atom is -0.506 e. The SMILES string of the molecule is Oc1ccc(OCC=C(Cl)Cl)cc1Cl. The molecule has 1 aromatic rings. The minimum absolute atomic E-state index is 0.0185. The normalized spacial score (nSPS) is 9.64. The highest BCUT2D eigenvalue weighted by Gasteiger charge is 1.99. The van der Waals surface area contributed by atoms with E-state index in [0.717, 1.165) is 0 Å². The van der Waals surface area contributed by atoms with Crippen LogP contribution in [0.1, 0.15) is 0 Å². The summed E-state index contributed by atoms with van der Waals surface area (Å²) in [4.78, 5) is 0. The molecule has 0 unspecified atom stereocenters. The predicted octanol–water partition coefficient (Wildman–Crippen LogP) is 3.74. The first-order chi connectivity index (χ1) is 6.59. The van der Waals surface area contributed by atoms with Crippen molar-refractivity contribution in [3.05, 3.63) is 33.8 Å². The lowest BCUT2D eigenvalue weighted by Gasteiger charge is -2.04. The Balaban J connectivity index is 2.60. The monoisotopic (exact) mass is 252 g/mol. The van der Waals surface area contributed by atoms with Gasteiger partial charge in [0.1, 0.15) is 22.6 Å². The van der Waals surface area contributed by atoms with E-state index in [-0.39, 0.29) is 21.9 Å². The fraction of sp³-hybridized carbons (Fsp3) is 0.111. The summed E-state index contributed by atoms with van der Waals surface area (Å²) in [5.41, 5.74) is 0. The Morgan fingerprint density at radius 3 is 2.71 bits per heavy atom. The molecular weight excluding hydrogens is 246 g/mol. The average molecular weight is 254 g/mol. The molecule has 0 bridgehead atoms. The summed E-state index contributed by atoms with van der Waals surface area (Å²) in [7, 11) is 0. The molecule has 1 N–H and O–H groups in total. The molecule has 1 aromatic carbocycles. The maximum Gasteiger partial charge on any atom is 0.134 e. The Kier molecular flexibility index (Phi) is 4.39. The summed E-state index contributed by atoms with van der Waals surface area (Å²) in [6, 6.07) is 4.55. The van der Waals surface area contributed by atoms with Crippen LogP contribution in [0.25, 0.3) is 0 Å². The molecular formula is C9H7Cl3O2. The number of hydrogen-bond acceptors (Lipinski definition) is 2.